The molecule has 8 nitrogen and oxygen atoms in total. The number of carbonyl (C=O) groups excluding carboxylic acids is 1. The van der Waals surface area contributed by atoms with E-state index in [1.165, 1.54) is 0 Å². The van der Waals surface area contributed by atoms with Crippen molar-refractivity contribution in [1.82, 2.24) is 5.32 Å². The molecule has 0 saturated carbocycles. The molecule has 1 amide bonds. The molecular formula is C35H38NO7P. The van der Waals surface area contributed by atoms with Gasteiger partial charge in [0.2, 0.25) is 13.7 Å². The van der Waals surface area contributed by atoms with E-state index in [1.54, 1.807) is 24.3 Å². The van der Waals surface area contributed by atoms with E-state index in [0.29, 0.717) is 18.4 Å². The van der Waals surface area contributed by atoms with Crippen LogP contribution in [0.3, 0.4) is 0 Å². The molecule has 0 aliphatic carbocycles. The number of nitrogens with one attached hydrogen (secondary N) is 1. The quantitative estimate of drug-likeness (QED) is 0.0881. The molecule has 230 valence electrons. The van der Waals surface area contributed by atoms with Crippen molar-refractivity contribution in [2.75, 3.05) is 6.16 Å². The van der Waals surface area contributed by atoms with Gasteiger partial charge in [-0.3, -0.25) is 9.36 Å². The molecule has 0 radical (unpaired) electrons. The molecule has 0 heterocycles. The van der Waals surface area contributed by atoms with Gasteiger partial charge in [0.25, 0.3) is 0 Å². The minimum Gasteiger partial charge on any atom is -0.481 e. The van der Waals surface area contributed by atoms with E-state index in [2.05, 4.69) is 5.32 Å². The van der Waals surface area contributed by atoms with Crippen LogP contribution in [0, 0.1) is 0 Å². The molecule has 3 N–H and O–H groups in total. The molecule has 9 heteroatoms. The third-order valence-corrected chi connectivity index (χ3v) is 9.64. The fourth-order valence-electron chi connectivity index (χ4n) is 4.97. The second-order valence-corrected chi connectivity index (χ2v) is 13.1. The van der Waals surface area contributed by atoms with Crippen molar-refractivity contribution in [1.29, 1.82) is 0 Å². The molecule has 4 rings (SSSR count). The summed E-state index contributed by atoms with van der Waals surface area (Å²) in [7, 11) is -4.15. The third kappa shape index (κ3) is 10.5. The topological polar surface area (TPSA) is 122 Å². The van der Waals surface area contributed by atoms with Gasteiger partial charge in [-0.25, -0.2) is 4.79 Å². The Morgan fingerprint density at radius 3 is 1.82 bits per heavy atom. The third-order valence-electron chi connectivity index (χ3n) is 7.31. The number of rotatable bonds is 16. The SMILES string of the molecule is O=C(O)CCC(NC(=O)OC(OCc1ccccc1)c1ccccc1)P(=O)(O)CC(CCc1ccccc1)c1ccccc1. The molecule has 0 spiro atoms. The maximum Gasteiger partial charge on any atom is 0.410 e. The molecule has 0 aromatic heterocycles. The standard InChI is InChI=1S/C35H38NO7P/c37-33(38)24-23-32(36-35(39)43-34(30-19-11-4-12-20-30)42-25-28-15-7-2-8-16-28)44(40,41)26-31(29-17-9-3-10-18-29)22-21-27-13-5-1-6-14-27/h1-20,31-32,34H,21-26H2,(H,36,39)(H,37,38)(H,40,41). The van der Waals surface area contributed by atoms with Crippen LogP contribution in [0.25, 0.3) is 0 Å². The summed E-state index contributed by atoms with van der Waals surface area (Å²) in [6, 6.07) is 37.6. The number of hydrogen-bond donors (Lipinski definition) is 3. The Bertz CT molecular complexity index is 1490. The van der Waals surface area contributed by atoms with Crippen LogP contribution in [0.15, 0.2) is 121 Å². The summed E-state index contributed by atoms with van der Waals surface area (Å²) in [5.74, 6) is -2.77. The lowest BCUT2D eigenvalue weighted by molar-refractivity contribution is -0.137. The number of carboxylic acids is 1. The normalized spacial score (nSPS) is 14.5. The van der Waals surface area contributed by atoms with E-state index in [4.69, 9.17) is 9.47 Å². The van der Waals surface area contributed by atoms with E-state index in [0.717, 1.165) is 16.7 Å². The Morgan fingerprint density at radius 2 is 1.25 bits per heavy atom. The van der Waals surface area contributed by atoms with E-state index in [9.17, 15) is 24.2 Å². The van der Waals surface area contributed by atoms with Crippen LogP contribution in [0.5, 0.6) is 0 Å². The van der Waals surface area contributed by atoms with Crippen LogP contribution >= 0.6 is 7.37 Å². The van der Waals surface area contributed by atoms with Gasteiger partial charge in [-0.15, -0.1) is 0 Å². The van der Waals surface area contributed by atoms with Gasteiger partial charge in [-0.2, -0.15) is 0 Å². The van der Waals surface area contributed by atoms with Crippen molar-refractivity contribution < 1.29 is 33.6 Å². The summed E-state index contributed by atoms with van der Waals surface area (Å²) in [6.45, 7) is 0.161. The molecule has 4 atom stereocenters. The highest BCUT2D eigenvalue weighted by Gasteiger charge is 2.36. The number of aryl methyl sites for hydroxylation is 1. The first-order valence-corrected chi connectivity index (χ1v) is 16.5. The maximum absolute atomic E-state index is 14.0. The lowest BCUT2D eigenvalue weighted by Gasteiger charge is -2.28. The minimum atomic E-state index is -4.15. The molecule has 0 bridgehead atoms. The second-order valence-electron chi connectivity index (χ2n) is 10.6. The summed E-state index contributed by atoms with van der Waals surface area (Å²) in [4.78, 5) is 36.1. The summed E-state index contributed by atoms with van der Waals surface area (Å²) in [6.07, 6.45) is -1.57. The maximum atomic E-state index is 14.0. The van der Waals surface area contributed by atoms with E-state index in [1.807, 2.05) is 97.1 Å². The minimum absolute atomic E-state index is 0.138. The lowest BCUT2D eigenvalue weighted by Crippen LogP contribution is -2.37. The number of alkyl carbamates (subject to hydrolysis) is 1. The number of carbonyl (C=O) groups is 2. The summed E-state index contributed by atoms with van der Waals surface area (Å²) >= 11 is 0. The van der Waals surface area contributed by atoms with Crippen molar-refractivity contribution in [3.05, 3.63) is 144 Å². The largest absolute Gasteiger partial charge is 0.481 e. The highest BCUT2D eigenvalue weighted by Crippen LogP contribution is 2.51. The second kappa shape index (κ2) is 16.6. The van der Waals surface area contributed by atoms with E-state index in [-0.39, 0.29) is 25.1 Å². The molecule has 4 aromatic carbocycles. The Labute approximate surface area is 258 Å². The van der Waals surface area contributed by atoms with Crippen LogP contribution in [-0.4, -0.2) is 34.0 Å². The highest BCUT2D eigenvalue weighted by molar-refractivity contribution is 7.58. The van der Waals surface area contributed by atoms with Crippen LogP contribution in [0.4, 0.5) is 4.79 Å². The molecule has 0 fully saturated rings. The molecule has 44 heavy (non-hydrogen) atoms. The monoisotopic (exact) mass is 615 g/mol. The predicted octanol–water partition coefficient (Wildman–Crippen LogP) is 7.51. The van der Waals surface area contributed by atoms with Crippen LogP contribution in [0.1, 0.15) is 53.7 Å². The number of amides is 1. The Morgan fingerprint density at radius 1 is 0.727 bits per heavy atom. The Balaban J connectivity index is 1.50. The average Bonchev–Trinajstić information content (AvgIpc) is 3.05. The number of hydrogen-bond acceptors (Lipinski definition) is 5. The van der Waals surface area contributed by atoms with Gasteiger partial charge in [0.15, 0.2) is 0 Å². The zero-order chi connectivity index (χ0) is 31.2. The van der Waals surface area contributed by atoms with Gasteiger partial charge in [-0.05, 0) is 41.9 Å². The molecule has 0 aliphatic rings. The van der Waals surface area contributed by atoms with Crippen molar-refractivity contribution in [2.24, 2.45) is 0 Å². The smallest absolute Gasteiger partial charge is 0.410 e. The fraction of sp³-hybridized carbons (Fsp3) is 0.257. The number of aliphatic carboxylic acids is 1. The lowest BCUT2D eigenvalue weighted by atomic mass is 9.94. The Hall–Kier alpha value is -4.23. The van der Waals surface area contributed by atoms with Crippen LogP contribution < -0.4 is 5.32 Å². The average molecular weight is 616 g/mol. The van der Waals surface area contributed by atoms with Gasteiger partial charge in [0, 0.05) is 18.1 Å². The van der Waals surface area contributed by atoms with Gasteiger partial charge in [0.05, 0.1) is 6.61 Å². The van der Waals surface area contributed by atoms with Gasteiger partial charge < -0.3 is 24.8 Å². The first-order chi connectivity index (χ1) is 21.3. The molecular weight excluding hydrogens is 577 g/mol. The highest BCUT2D eigenvalue weighted by atomic mass is 31.2. The van der Waals surface area contributed by atoms with Crippen molar-refractivity contribution in [2.45, 2.75) is 50.3 Å². The molecule has 0 saturated heterocycles. The van der Waals surface area contributed by atoms with Gasteiger partial charge >= 0.3 is 12.1 Å². The van der Waals surface area contributed by atoms with Crippen molar-refractivity contribution in [3.8, 4) is 0 Å². The van der Waals surface area contributed by atoms with Crippen molar-refractivity contribution >= 4 is 19.4 Å². The van der Waals surface area contributed by atoms with Gasteiger partial charge in [-0.1, -0.05) is 121 Å². The van der Waals surface area contributed by atoms with Crippen LogP contribution in [-0.2, 0) is 31.9 Å². The van der Waals surface area contributed by atoms with E-state index >= 15 is 0 Å². The van der Waals surface area contributed by atoms with E-state index < -0.39 is 37.9 Å². The Kier molecular flexibility index (Phi) is 12.3. The first kappa shape index (κ1) is 32.7. The summed E-state index contributed by atoms with van der Waals surface area (Å²) in [5.41, 5.74) is 3.46. The molecule has 0 aliphatic heterocycles. The molecule has 4 unspecified atom stereocenters. The predicted molar refractivity (Wildman–Crippen MR) is 169 cm³/mol. The fourth-order valence-corrected chi connectivity index (χ4v) is 7.09. The number of benzene rings is 4. The number of ether oxygens (including phenoxy) is 2. The zero-order valence-corrected chi connectivity index (χ0v) is 25.3. The van der Waals surface area contributed by atoms with Crippen LogP contribution in [0.2, 0.25) is 0 Å². The van der Waals surface area contributed by atoms with Crippen molar-refractivity contribution in [3.63, 3.8) is 0 Å². The summed E-state index contributed by atoms with van der Waals surface area (Å²) in [5, 5.41) is 11.9. The van der Waals surface area contributed by atoms with Gasteiger partial charge in [0.1, 0.15) is 5.78 Å². The zero-order valence-electron chi connectivity index (χ0n) is 24.4. The first-order valence-electron chi connectivity index (χ1n) is 14.6. The number of carboxylic acid groups (broad SMARTS) is 1. The summed E-state index contributed by atoms with van der Waals surface area (Å²) < 4.78 is 25.6. The molecule has 4 aromatic rings.